The van der Waals surface area contributed by atoms with Crippen molar-refractivity contribution >= 4 is 16.9 Å². The zero-order valence-electron chi connectivity index (χ0n) is 17.4. The van der Waals surface area contributed by atoms with Gasteiger partial charge < -0.3 is 14.8 Å². The normalized spacial score (nSPS) is 10.8. The highest BCUT2D eigenvalue weighted by atomic mass is 16.5. The Bertz CT molecular complexity index is 1020. The summed E-state index contributed by atoms with van der Waals surface area (Å²) in [7, 11) is 1.60. The van der Waals surface area contributed by atoms with Crippen LogP contribution >= 0.6 is 0 Å². The second-order valence-corrected chi connectivity index (χ2v) is 6.63. The highest BCUT2D eigenvalue weighted by Gasteiger charge is 2.11. The summed E-state index contributed by atoms with van der Waals surface area (Å²) in [6, 6.07) is 11.1. The maximum Gasteiger partial charge on any atom is 0.251 e. The summed E-state index contributed by atoms with van der Waals surface area (Å²) >= 11 is 0. The number of nitrogens with one attached hydrogen (secondary N) is 1. The van der Waals surface area contributed by atoms with Crippen molar-refractivity contribution in [1.82, 2.24) is 15.3 Å². The fourth-order valence-corrected chi connectivity index (χ4v) is 3.22. The molecule has 0 fully saturated rings. The molecule has 1 amide bonds. The Hall–Kier alpha value is -3.15. The van der Waals surface area contributed by atoms with E-state index in [1.165, 1.54) is 0 Å². The Morgan fingerprint density at radius 2 is 1.66 bits per heavy atom. The van der Waals surface area contributed by atoms with Gasteiger partial charge in [-0.3, -0.25) is 4.79 Å². The highest BCUT2D eigenvalue weighted by Crippen LogP contribution is 2.28. The first kappa shape index (κ1) is 20.6. The molecule has 0 atom stereocenters. The molecule has 0 aliphatic heterocycles. The van der Waals surface area contributed by atoms with Gasteiger partial charge in [-0.15, -0.1) is 0 Å². The lowest BCUT2D eigenvalue weighted by Crippen LogP contribution is -2.22. The van der Waals surface area contributed by atoms with E-state index in [9.17, 15) is 4.79 Å². The number of aromatic nitrogens is 2. The van der Waals surface area contributed by atoms with Gasteiger partial charge in [0.2, 0.25) is 0 Å². The number of methoxy groups -OCH3 is 1. The summed E-state index contributed by atoms with van der Waals surface area (Å²) in [5.74, 6) is 1.19. The van der Waals surface area contributed by atoms with Crippen LogP contribution in [0.4, 0.5) is 0 Å². The highest BCUT2D eigenvalue weighted by molar-refractivity contribution is 5.97. The molecular formula is C23H27N3O3. The van der Waals surface area contributed by atoms with Crippen LogP contribution in [-0.4, -0.2) is 29.6 Å². The molecule has 0 unspecified atom stereocenters. The predicted molar refractivity (Wildman–Crippen MR) is 114 cm³/mol. The summed E-state index contributed by atoms with van der Waals surface area (Å²) < 4.78 is 10.9. The Kier molecular flexibility index (Phi) is 6.65. The predicted octanol–water partition coefficient (Wildman–Crippen LogP) is 4.09. The molecule has 6 nitrogen and oxygen atoms in total. The minimum Gasteiger partial charge on any atom is -0.493 e. The lowest BCUT2D eigenvalue weighted by molar-refractivity contribution is 0.0951. The van der Waals surface area contributed by atoms with Crippen molar-refractivity contribution in [3.05, 3.63) is 58.9 Å². The van der Waals surface area contributed by atoms with Crippen molar-refractivity contribution in [2.75, 3.05) is 13.7 Å². The topological polar surface area (TPSA) is 73.3 Å². The molecule has 0 aliphatic carbocycles. The third-order valence-corrected chi connectivity index (χ3v) is 4.73. The number of carbonyl (C=O) groups is 1. The van der Waals surface area contributed by atoms with Gasteiger partial charge in [0.05, 0.1) is 36.1 Å². The fourth-order valence-electron chi connectivity index (χ4n) is 3.22. The zero-order valence-corrected chi connectivity index (χ0v) is 17.4. The molecule has 1 aromatic heterocycles. The van der Waals surface area contributed by atoms with E-state index in [0.717, 1.165) is 40.8 Å². The van der Waals surface area contributed by atoms with Gasteiger partial charge in [0.25, 0.3) is 5.91 Å². The first-order valence-corrected chi connectivity index (χ1v) is 9.97. The van der Waals surface area contributed by atoms with Crippen LogP contribution in [0.5, 0.6) is 11.5 Å². The van der Waals surface area contributed by atoms with Crippen molar-refractivity contribution in [3.8, 4) is 11.5 Å². The lowest BCUT2D eigenvalue weighted by atomic mass is 10.1. The van der Waals surface area contributed by atoms with E-state index in [1.54, 1.807) is 19.2 Å². The molecule has 0 bridgehead atoms. The summed E-state index contributed by atoms with van der Waals surface area (Å²) in [5, 5.41) is 2.95. The van der Waals surface area contributed by atoms with Crippen LogP contribution in [0.1, 0.15) is 48.1 Å². The molecule has 3 aromatic rings. The van der Waals surface area contributed by atoms with E-state index < -0.39 is 0 Å². The number of aryl methyl sites for hydroxylation is 2. The van der Waals surface area contributed by atoms with Gasteiger partial charge in [-0.2, -0.15) is 0 Å². The molecule has 0 saturated carbocycles. The van der Waals surface area contributed by atoms with Crippen LogP contribution in [0.25, 0.3) is 11.0 Å². The minimum absolute atomic E-state index is 0.154. The van der Waals surface area contributed by atoms with Gasteiger partial charge >= 0.3 is 0 Å². The fraction of sp³-hybridized carbons (Fsp3) is 0.348. The van der Waals surface area contributed by atoms with E-state index in [4.69, 9.17) is 14.5 Å². The largest absolute Gasteiger partial charge is 0.493 e. The number of ether oxygens (including phenoxy) is 2. The molecule has 2 aromatic carbocycles. The van der Waals surface area contributed by atoms with Crippen LogP contribution in [0.2, 0.25) is 0 Å². The van der Waals surface area contributed by atoms with Crippen LogP contribution in [0, 0.1) is 0 Å². The quantitative estimate of drug-likeness (QED) is 0.624. The molecule has 1 heterocycles. The Morgan fingerprint density at radius 1 is 0.931 bits per heavy atom. The Morgan fingerprint density at radius 3 is 2.31 bits per heavy atom. The van der Waals surface area contributed by atoms with Gasteiger partial charge in [-0.25, -0.2) is 9.97 Å². The van der Waals surface area contributed by atoms with Crippen molar-refractivity contribution in [2.45, 2.75) is 40.2 Å². The van der Waals surface area contributed by atoms with E-state index in [2.05, 4.69) is 24.1 Å². The average Bonchev–Trinajstić information content (AvgIpc) is 2.76. The van der Waals surface area contributed by atoms with Gasteiger partial charge in [-0.05, 0) is 55.7 Å². The lowest BCUT2D eigenvalue weighted by Gasteiger charge is -2.12. The van der Waals surface area contributed by atoms with Crippen LogP contribution < -0.4 is 14.8 Å². The van der Waals surface area contributed by atoms with Crippen molar-refractivity contribution in [2.24, 2.45) is 0 Å². The van der Waals surface area contributed by atoms with Gasteiger partial charge in [0.15, 0.2) is 11.5 Å². The number of hydrogen-bond donors (Lipinski definition) is 1. The number of rotatable bonds is 8. The SMILES string of the molecule is CCOc1ccc(CNC(=O)c2ccc3nc(CC)c(CC)nc3c2)cc1OC. The summed E-state index contributed by atoms with van der Waals surface area (Å²) in [6.07, 6.45) is 1.67. The molecule has 0 radical (unpaired) electrons. The monoisotopic (exact) mass is 393 g/mol. The third-order valence-electron chi connectivity index (χ3n) is 4.73. The van der Waals surface area contributed by atoms with Crippen molar-refractivity contribution < 1.29 is 14.3 Å². The number of benzene rings is 2. The number of carbonyl (C=O) groups excluding carboxylic acids is 1. The molecule has 0 aliphatic rings. The average molecular weight is 393 g/mol. The maximum atomic E-state index is 12.6. The van der Waals surface area contributed by atoms with Crippen LogP contribution in [0.3, 0.4) is 0 Å². The smallest absolute Gasteiger partial charge is 0.251 e. The minimum atomic E-state index is -0.154. The molecule has 152 valence electrons. The van der Waals surface area contributed by atoms with E-state index in [0.29, 0.717) is 30.2 Å². The second kappa shape index (κ2) is 9.37. The summed E-state index contributed by atoms with van der Waals surface area (Å²) in [6.45, 7) is 7.02. The maximum absolute atomic E-state index is 12.6. The second-order valence-electron chi connectivity index (χ2n) is 6.63. The zero-order chi connectivity index (χ0) is 20.8. The third kappa shape index (κ3) is 4.65. The van der Waals surface area contributed by atoms with Gasteiger partial charge in [-0.1, -0.05) is 19.9 Å². The molecule has 29 heavy (non-hydrogen) atoms. The van der Waals surface area contributed by atoms with Gasteiger partial charge in [0.1, 0.15) is 0 Å². The molecule has 6 heteroatoms. The number of hydrogen-bond acceptors (Lipinski definition) is 5. The van der Waals surface area contributed by atoms with E-state index in [1.807, 2.05) is 31.2 Å². The first-order chi connectivity index (χ1) is 14.1. The van der Waals surface area contributed by atoms with Crippen molar-refractivity contribution in [3.63, 3.8) is 0 Å². The van der Waals surface area contributed by atoms with Crippen LogP contribution in [0.15, 0.2) is 36.4 Å². The first-order valence-electron chi connectivity index (χ1n) is 9.97. The number of nitrogens with zero attached hydrogens (tertiary/aromatic N) is 2. The van der Waals surface area contributed by atoms with E-state index in [-0.39, 0.29) is 5.91 Å². The van der Waals surface area contributed by atoms with E-state index >= 15 is 0 Å². The standard InChI is InChI=1S/C23H27N3O3/c1-5-17-18(6-2)26-20-13-16(9-10-19(20)25-17)23(27)24-14-15-8-11-21(29-7-3)22(12-15)28-4/h8-13H,5-7,14H2,1-4H3,(H,24,27). The summed E-state index contributed by atoms with van der Waals surface area (Å²) in [5.41, 5.74) is 5.05. The molecule has 3 rings (SSSR count). The Balaban J connectivity index is 1.76. The Labute approximate surface area is 171 Å². The molecule has 0 spiro atoms. The molecule has 0 saturated heterocycles. The molecule has 1 N–H and O–H groups in total. The number of fused-ring (bicyclic) bond motifs is 1. The van der Waals surface area contributed by atoms with Crippen LogP contribution in [-0.2, 0) is 19.4 Å². The number of amides is 1. The van der Waals surface area contributed by atoms with Gasteiger partial charge in [0, 0.05) is 12.1 Å². The summed E-state index contributed by atoms with van der Waals surface area (Å²) in [4.78, 5) is 22.0. The molecular weight excluding hydrogens is 366 g/mol. The van der Waals surface area contributed by atoms with Crippen molar-refractivity contribution in [1.29, 1.82) is 0 Å².